The van der Waals surface area contributed by atoms with Crippen LogP contribution in [0.5, 0.6) is 0 Å². The number of anilines is 2. The summed E-state index contributed by atoms with van der Waals surface area (Å²) >= 11 is 0. The van der Waals surface area contributed by atoms with Crippen molar-refractivity contribution in [2.75, 3.05) is 69.2 Å². The highest BCUT2D eigenvalue weighted by molar-refractivity contribution is 5.81. The number of benzene rings is 1. The van der Waals surface area contributed by atoms with Crippen LogP contribution in [-0.2, 0) is 4.79 Å². The predicted octanol–water partition coefficient (Wildman–Crippen LogP) is 1.50. The second kappa shape index (κ2) is 6.63. The molecule has 0 aromatic heterocycles. The van der Waals surface area contributed by atoms with Crippen molar-refractivity contribution < 1.29 is 4.79 Å². The molecule has 3 aliphatic rings. The van der Waals surface area contributed by atoms with Gasteiger partial charge in [0, 0.05) is 69.7 Å². The molecule has 4 rings (SSSR count). The van der Waals surface area contributed by atoms with Crippen molar-refractivity contribution in [2.24, 2.45) is 5.92 Å². The lowest BCUT2D eigenvalue weighted by Crippen LogP contribution is -2.49. The summed E-state index contributed by atoms with van der Waals surface area (Å²) < 4.78 is 0. The van der Waals surface area contributed by atoms with Gasteiger partial charge in [0.25, 0.3) is 0 Å². The molecule has 5 nitrogen and oxygen atoms in total. The van der Waals surface area contributed by atoms with Gasteiger partial charge in [0.2, 0.25) is 5.91 Å². The monoisotopic (exact) mass is 328 g/mol. The quantitative estimate of drug-likeness (QED) is 0.841. The van der Waals surface area contributed by atoms with Gasteiger partial charge in [-0.3, -0.25) is 4.79 Å². The summed E-state index contributed by atoms with van der Waals surface area (Å²) in [6.07, 6.45) is 2.21. The number of amides is 1. The molecule has 2 saturated heterocycles. The molecule has 24 heavy (non-hydrogen) atoms. The van der Waals surface area contributed by atoms with Gasteiger partial charge in [0.05, 0.1) is 0 Å². The number of likely N-dealkylation sites (N-methyl/N-ethyl adjacent to an activating group) is 1. The Morgan fingerprint density at radius 3 is 1.71 bits per heavy atom. The van der Waals surface area contributed by atoms with Crippen LogP contribution < -0.4 is 9.80 Å². The number of piperazine rings is 2. The molecule has 0 bridgehead atoms. The maximum Gasteiger partial charge on any atom is 0.225 e. The van der Waals surface area contributed by atoms with Gasteiger partial charge in [0.1, 0.15) is 0 Å². The first-order valence-corrected chi connectivity index (χ1v) is 9.28. The molecular weight excluding hydrogens is 300 g/mol. The van der Waals surface area contributed by atoms with Gasteiger partial charge in [-0.2, -0.15) is 0 Å². The number of carbonyl (C=O) groups excluding carboxylic acids is 1. The molecule has 1 saturated carbocycles. The molecule has 0 unspecified atom stereocenters. The molecule has 0 radical (unpaired) electrons. The average Bonchev–Trinajstić information content (AvgIpc) is 3.47. The molecule has 0 spiro atoms. The molecule has 2 heterocycles. The molecular formula is C19H28N4O. The van der Waals surface area contributed by atoms with Crippen LogP contribution in [0.25, 0.3) is 0 Å². The van der Waals surface area contributed by atoms with Gasteiger partial charge in [0.15, 0.2) is 0 Å². The Kier molecular flexibility index (Phi) is 4.35. The standard InChI is InChI=1S/C19H28N4O/c1-20-8-10-21(11-9-20)17-4-6-18(7-5-17)22-12-14-23(15-13-22)19(24)16-2-3-16/h4-7,16H,2-3,8-15H2,1H3. The molecule has 1 aliphatic carbocycles. The third-order valence-electron chi connectivity index (χ3n) is 5.60. The smallest absolute Gasteiger partial charge is 0.225 e. The van der Waals surface area contributed by atoms with E-state index >= 15 is 0 Å². The summed E-state index contributed by atoms with van der Waals surface area (Å²) in [5.74, 6) is 0.736. The molecule has 1 amide bonds. The summed E-state index contributed by atoms with van der Waals surface area (Å²) in [5.41, 5.74) is 2.61. The molecule has 1 aromatic carbocycles. The van der Waals surface area contributed by atoms with Gasteiger partial charge in [-0.05, 0) is 44.2 Å². The molecule has 3 fully saturated rings. The Hall–Kier alpha value is -1.75. The highest BCUT2D eigenvalue weighted by Gasteiger charge is 2.34. The topological polar surface area (TPSA) is 30.0 Å². The van der Waals surface area contributed by atoms with Crippen LogP contribution in [0.2, 0.25) is 0 Å². The second-order valence-corrected chi connectivity index (χ2v) is 7.39. The largest absolute Gasteiger partial charge is 0.369 e. The Morgan fingerprint density at radius 1 is 0.792 bits per heavy atom. The van der Waals surface area contributed by atoms with Gasteiger partial charge in [-0.1, -0.05) is 0 Å². The van der Waals surface area contributed by atoms with E-state index in [4.69, 9.17) is 0 Å². The van der Waals surface area contributed by atoms with Crippen molar-refractivity contribution in [1.29, 1.82) is 0 Å². The maximum absolute atomic E-state index is 12.1. The van der Waals surface area contributed by atoms with Gasteiger partial charge in [-0.15, -0.1) is 0 Å². The van der Waals surface area contributed by atoms with Crippen LogP contribution in [0.1, 0.15) is 12.8 Å². The fraction of sp³-hybridized carbons (Fsp3) is 0.632. The lowest BCUT2D eigenvalue weighted by atomic mass is 10.2. The van der Waals surface area contributed by atoms with E-state index in [1.165, 1.54) is 11.4 Å². The summed E-state index contributed by atoms with van der Waals surface area (Å²) in [5, 5.41) is 0. The normalized spacial score (nSPS) is 22.8. The van der Waals surface area contributed by atoms with E-state index in [9.17, 15) is 4.79 Å². The van der Waals surface area contributed by atoms with E-state index in [0.717, 1.165) is 65.2 Å². The summed E-state index contributed by atoms with van der Waals surface area (Å²) in [6.45, 7) is 8.14. The Labute approximate surface area is 144 Å². The molecule has 1 aromatic rings. The van der Waals surface area contributed by atoms with Crippen molar-refractivity contribution in [2.45, 2.75) is 12.8 Å². The number of hydrogen-bond donors (Lipinski definition) is 0. The molecule has 130 valence electrons. The first kappa shape index (κ1) is 15.8. The third kappa shape index (κ3) is 3.36. The van der Waals surface area contributed by atoms with Crippen molar-refractivity contribution in [3.05, 3.63) is 24.3 Å². The van der Waals surface area contributed by atoms with Gasteiger partial charge in [-0.25, -0.2) is 0 Å². The minimum absolute atomic E-state index is 0.347. The SMILES string of the molecule is CN1CCN(c2ccc(N3CCN(C(=O)C4CC4)CC3)cc2)CC1. The summed E-state index contributed by atoms with van der Waals surface area (Å²) in [6, 6.07) is 8.99. The predicted molar refractivity (Wildman–Crippen MR) is 97.7 cm³/mol. The zero-order chi connectivity index (χ0) is 16.5. The summed E-state index contributed by atoms with van der Waals surface area (Å²) in [7, 11) is 2.19. The first-order valence-electron chi connectivity index (χ1n) is 9.28. The van der Waals surface area contributed by atoms with Crippen molar-refractivity contribution >= 4 is 17.3 Å². The number of hydrogen-bond acceptors (Lipinski definition) is 4. The zero-order valence-corrected chi connectivity index (χ0v) is 14.7. The number of nitrogens with zero attached hydrogens (tertiary/aromatic N) is 4. The van der Waals surface area contributed by atoms with E-state index in [1.807, 2.05) is 0 Å². The molecule has 0 N–H and O–H groups in total. The zero-order valence-electron chi connectivity index (χ0n) is 14.7. The lowest BCUT2D eigenvalue weighted by molar-refractivity contribution is -0.132. The number of rotatable bonds is 3. The Bertz CT molecular complexity index is 568. The van der Waals surface area contributed by atoms with E-state index in [0.29, 0.717) is 11.8 Å². The van der Waals surface area contributed by atoms with Crippen LogP contribution in [0.15, 0.2) is 24.3 Å². The summed E-state index contributed by atoms with van der Waals surface area (Å²) in [4.78, 5) is 21.5. The van der Waals surface area contributed by atoms with Crippen molar-refractivity contribution in [3.63, 3.8) is 0 Å². The highest BCUT2D eigenvalue weighted by atomic mass is 16.2. The van der Waals surface area contributed by atoms with Gasteiger partial charge < -0.3 is 19.6 Å². The Morgan fingerprint density at radius 2 is 1.25 bits per heavy atom. The molecule has 0 atom stereocenters. The van der Waals surface area contributed by atoms with Crippen LogP contribution in [-0.4, -0.2) is 75.1 Å². The van der Waals surface area contributed by atoms with Gasteiger partial charge >= 0.3 is 0 Å². The fourth-order valence-electron chi connectivity index (χ4n) is 3.71. The van der Waals surface area contributed by atoms with Crippen LogP contribution >= 0.6 is 0 Å². The van der Waals surface area contributed by atoms with Crippen LogP contribution in [0, 0.1) is 5.92 Å². The van der Waals surface area contributed by atoms with Crippen LogP contribution in [0.4, 0.5) is 11.4 Å². The third-order valence-corrected chi connectivity index (χ3v) is 5.60. The lowest BCUT2D eigenvalue weighted by Gasteiger charge is -2.37. The number of carbonyl (C=O) groups is 1. The first-order chi connectivity index (χ1) is 11.7. The molecule has 5 heteroatoms. The minimum atomic E-state index is 0.347. The van der Waals surface area contributed by atoms with Crippen molar-refractivity contribution in [1.82, 2.24) is 9.80 Å². The van der Waals surface area contributed by atoms with Crippen LogP contribution in [0.3, 0.4) is 0 Å². The second-order valence-electron chi connectivity index (χ2n) is 7.39. The minimum Gasteiger partial charge on any atom is -0.369 e. The fourth-order valence-corrected chi connectivity index (χ4v) is 3.71. The van der Waals surface area contributed by atoms with Crippen molar-refractivity contribution in [3.8, 4) is 0 Å². The highest BCUT2D eigenvalue weighted by Crippen LogP contribution is 2.31. The average molecular weight is 328 g/mol. The van der Waals surface area contributed by atoms with E-state index < -0.39 is 0 Å². The van der Waals surface area contributed by atoms with E-state index in [-0.39, 0.29) is 0 Å². The van der Waals surface area contributed by atoms with E-state index in [1.54, 1.807) is 0 Å². The molecule has 2 aliphatic heterocycles. The maximum atomic E-state index is 12.1. The Balaban J connectivity index is 1.33. The van der Waals surface area contributed by atoms with E-state index in [2.05, 4.69) is 50.9 Å².